The first-order valence-corrected chi connectivity index (χ1v) is 18.4. The maximum Gasteiger partial charge on any atom is 0.416 e. The van der Waals surface area contributed by atoms with E-state index >= 15 is 0 Å². The number of hydrogen-bond acceptors (Lipinski definition) is 9. The van der Waals surface area contributed by atoms with E-state index in [1.807, 2.05) is 24.3 Å². The Kier molecular flexibility index (Phi) is 17.0. The number of carboxylic acid groups (broad SMARTS) is 2. The third kappa shape index (κ3) is 13.9. The van der Waals surface area contributed by atoms with Gasteiger partial charge in [0.25, 0.3) is 5.56 Å². The second-order valence-electron chi connectivity index (χ2n) is 11.9. The quantitative estimate of drug-likeness (QED) is 0.0649. The zero-order valence-electron chi connectivity index (χ0n) is 29.6. The Morgan fingerprint density at radius 2 is 1.35 bits per heavy atom. The summed E-state index contributed by atoms with van der Waals surface area (Å²) in [6, 6.07) is 18.5. The number of halogens is 5. The van der Waals surface area contributed by atoms with Crippen LogP contribution in [0.1, 0.15) is 30.5 Å². The van der Waals surface area contributed by atoms with Gasteiger partial charge in [0.05, 0.1) is 5.56 Å². The minimum absolute atomic E-state index is 0.0560. The van der Waals surface area contributed by atoms with Gasteiger partial charge >= 0.3 is 18.1 Å². The van der Waals surface area contributed by atoms with Crippen molar-refractivity contribution in [2.24, 2.45) is 0 Å². The van der Waals surface area contributed by atoms with E-state index < -0.39 is 41.4 Å². The number of benzene rings is 3. The Morgan fingerprint density at radius 3 is 1.84 bits per heavy atom. The summed E-state index contributed by atoms with van der Waals surface area (Å²) in [4.78, 5) is 53.8. The monoisotopic (exact) mass is 854 g/mol. The van der Waals surface area contributed by atoms with Crippen molar-refractivity contribution in [1.82, 2.24) is 19.4 Å². The number of likely N-dealkylation sites (N-methyl/N-ethyl adjacent to an activating group) is 1. The van der Waals surface area contributed by atoms with E-state index in [9.17, 15) is 36.7 Å². The van der Waals surface area contributed by atoms with E-state index in [1.165, 1.54) is 36.0 Å². The molecule has 0 aliphatic rings. The molecule has 55 heavy (non-hydrogen) atoms. The van der Waals surface area contributed by atoms with Crippen LogP contribution in [0.5, 0.6) is 0 Å². The molecule has 1 aromatic heterocycles. The third-order valence-electron chi connectivity index (χ3n) is 8.11. The Balaban J connectivity index is 0.000000712. The van der Waals surface area contributed by atoms with Gasteiger partial charge in [-0.2, -0.15) is 18.2 Å². The molecule has 0 saturated carbocycles. The molecule has 0 aliphatic carbocycles. The SMILES string of the molecule is CCN(CC)CCN(Cc1ccc(-c2ccc(C(F)(F)F)cc2)cc1)C(=O)Cn1cc(Br)c(=O)nc1SCc1ccc(F)cc1.O=C(O)C(O)C(O)C(=O)O. The van der Waals surface area contributed by atoms with E-state index in [0.717, 1.165) is 41.9 Å². The number of thioether (sulfide) groups is 1. The van der Waals surface area contributed by atoms with Crippen LogP contribution in [0.2, 0.25) is 0 Å². The van der Waals surface area contributed by atoms with Crippen LogP contribution in [0.4, 0.5) is 17.6 Å². The van der Waals surface area contributed by atoms with Crippen molar-refractivity contribution >= 4 is 45.5 Å². The highest BCUT2D eigenvalue weighted by Gasteiger charge is 2.30. The molecule has 2 atom stereocenters. The molecule has 0 fully saturated rings. The topological polar surface area (TPSA) is 173 Å². The van der Waals surface area contributed by atoms with Crippen molar-refractivity contribution in [3.63, 3.8) is 0 Å². The van der Waals surface area contributed by atoms with Crippen LogP contribution in [-0.4, -0.2) is 96.0 Å². The Morgan fingerprint density at radius 1 is 0.836 bits per heavy atom. The molecule has 12 nitrogen and oxygen atoms in total. The highest BCUT2D eigenvalue weighted by Crippen LogP contribution is 2.31. The lowest BCUT2D eigenvalue weighted by Gasteiger charge is -2.27. The highest BCUT2D eigenvalue weighted by molar-refractivity contribution is 9.10. The maximum atomic E-state index is 13.8. The molecule has 18 heteroatoms. The van der Waals surface area contributed by atoms with Crippen molar-refractivity contribution in [2.45, 2.75) is 56.2 Å². The number of aliphatic carboxylic acids is 2. The van der Waals surface area contributed by atoms with Crippen molar-refractivity contribution in [3.05, 3.63) is 116 Å². The summed E-state index contributed by atoms with van der Waals surface area (Å²) in [6.07, 6.45) is -7.37. The van der Waals surface area contributed by atoms with E-state index in [1.54, 1.807) is 27.8 Å². The number of hydrogen-bond donors (Lipinski definition) is 4. The van der Waals surface area contributed by atoms with Crippen molar-refractivity contribution < 1.29 is 52.4 Å². The van der Waals surface area contributed by atoms with Gasteiger partial charge in [-0.15, -0.1) is 0 Å². The maximum absolute atomic E-state index is 13.8. The Labute approximate surface area is 326 Å². The lowest BCUT2D eigenvalue weighted by atomic mass is 10.0. The number of aliphatic hydroxyl groups excluding tert-OH is 2. The van der Waals surface area contributed by atoms with Crippen LogP contribution in [0.15, 0.2) is 93.4 Å². The largest absolute Gasteiger partial charge is 0.479 e. The van der Waals surface area contributed by atoms with E-state index in [-0.39, 0.29) is 22.7 Å². The number of carbonyl (C=O) groups excluding carboxylic acids is 1. The zero-order valence-corrected chi connectivity index (χ0v) is 32.0. The summed E-state index contributed by atoms with van der Waals surface area (Å²) in [5, 5.41) is 32.9. The van der Waals surface area contributed by atoms with Crippen LogP contribution in [0.3, 0.4) is 0 Å². The third-order valence-corrected chi connectivity index (χ3v) is 9.72. The number of carboxylic acids is 2. The van der Waals surface area contributed by atoms with Crippen molar-refractivity contribution in [1.29, 1.82) is 0 Å². The second kappa shape index (κ2) is 20.9. The first kappa shape index (κ1) is 44.8. The van der Waals surface area contributed by atoms with Gasteiger partial charge in [0, 0.05) is 31.6 Å². The molecular formula is C37H39BrF4N4O8S. The molecule has 1 heterocycles. The fourth-order valence-corrected chi connectivity index (χ4v) is 6.15. The molecule has 296 valence electrons. The average molecular weight is 856 g/mol. The molecule has 2 unspecified atom stereocenters. The van der Waals surface area contributed by atoms with Gasteiger partial charge in [0.2, 0.25) is 5.91 Å². The number of amides is 1. The second-order valence-corrected chi connectivity index (χ2v) is 13.7. The minimum Gasteiger partial charge on any atom is -0.479 e. The van der Waals surface area contributed by atoms with Crippen molar-refractivity contribution in [2.75, 3.05) is 26.2 Å². The number of alkyl halides is 3. The normalized spacial score (nSPS) is 12.4. The predicted molar refractivity (Wildman–Crippen MR) is 200 cm³/mol. The van der Waals surface area contributed by atoms with E-state index in [2.05, 4.69) is 39.7 Å². The molecule has 4 N–H and O–H groups in total. The summed E-state index contributed by atoms with van der Waals surface area (Å²) in [5.74, 6) is -3.62. The summed E-state index contributed by atoms with van der Waals surface area (Å²) >= 11 is 4.52. The number of aliphatic hydroxyl groups is 2. The molecule has 0 saturated heterocycles. The number of aromatic nitrogens is 2. The molecule has 1 amide bonds. The summed E-state index contributed by atoms with van der Waals surface area (Å²) in [7, 11) is 0. The minimum atomic E-state index is -4.40. The Bertz CT molecular complexity index is 1930. The molecule has 0 aliphatic heterocycles. The van der Waals surface area contributed by atoms with E-state index in [4.69, 9.17) is 20.4 Å². The fraction of sp³-hybridized carbons (Fsp3) is 0.324. The number of rotatable bonds is 16. The first-order valence-electron chi connectivity index (χ1n) is 16.7. The van der Waals surface area contributed by atoms with Gasteiger partial charge in [0.1, 0.15) is 16.8 Å². The molecule has 4 aromatic rings. The molecule has 3 aromatic carbocycles. The molecule has 0 radical (unpaired) electrons. The van der Waals surface area contributed by atoms with Gasteiger partial charge in [-0.25, -0.2) is 14.0 Å². The van der Waals surface area contributed by atoms with Crippen LogP contribution < -0.4 is 5.56 Å². The number of nitrogens with zero attached hydrogens (tertiary/aromatic N) is 4. The first-order chi connectivity index (χ1) is 25.9. The standard InChI is InChI=1S/C33H33BrF4N4O2S.C4H6O6/c1-3-40(4-2)17-18-41(19-23-5-9-25(10-6-23)26-11-13-27(14-12-26)33(36,37)38)30(43)21-42-20-29(34)31(44)39-32(42)45-22-24-7-15-28(35)16-8-24;5-1(3(7)8)2(6)4(9)10/h5-16,20H,3-4,17-19,21-22H2,1-2H3;1-2,5-6H,(H,7,8)(H,9,10). The van der Waals surface area contributed by atoms with Crippen LogP contribution in [0, 0.1) is 5.82 Å². The van der Waals surface area contributed by atoms with Gasteiger partial charge < -0.3 is 34.8 Å². The lowest BCUT2D eigenvalue weighted by Crippen LogP contribution is -2.40. The van der Waals surface area contributed by atoms with E-state index in [0.29, 0.717) is 36.1 Å². The van der Waals surface area contributed by atoms with Gasteiger partial charge in [0.15, 0.2) is 17.4 Å². The zero-order chi connectivity index (χ0) is 40.9. The predicted octanol–water partition coefficient (Wildman–Crippen LogP) is 5.37. The fourth-order valence-electron chi connectivity index (χ4n) is 4.89. The summed E-state index contributed by atoms with van der Waals surface area (Å²) in [6.45, 7) is 7.18. The van der Waals surface area contributed by atoms with Gasteiger partial charge in [-0.1, -0.05) is 74.1 Å². The lowest BCUT2D eigenvalue weighted by molar-refractivity contribution is -0.165. The smallest absolute Gasteiger partial charge is 0.416 e. The summed E-state index contributed by atoms with van der Waals surface area (Å²) in [5.41, 5.74) is 1.98. The molecular weight excluding hydrogens is 816 g/mol. The highest BCUT2D eigenvalue weighted by atomic mass is 79.9. The van der Waals surface area contributed by atoms with Crippen LogP contribution in [-0.2, 0) is 39.4 Å². The van der Waals surface area contributed by atoms with Gasteiger partial charge in [-0.3, -0.25) is 9.59 Å². The van der Waals surface area contributed by atoms with Crippen LogP contribution in [0.25, 0.3) is 11.1 Å². The average Bonchev–Trinajstić information content (AvgIpc) is 3.15. The van der Waals surface area contributed by atoms with Crippen molar-refractivity contribution in [3.8, 4) is 11.1 Å². The molecule has 0 spiro atoms. The molecule has 0 bridgehead atoms. The molecule has 4 rings (SSSR count). The van der Waals surface area contributed by atoms with Gasteiger partial charge in [-0.05, 0) is 75.5 Å². The Hall–Kier alpha value is -4.62. The number of carbonyl (C=O) groups is 3. The summed E-state index contributed by atoms with van der Waals surface area (Å²) < 4.78 is 54.1. The van der Waals surface area contributed by atoms with Crippen LogP contribution >= 0.6 is 27.7 Å².